The smallest absolute Gasteiger partial charge is 1.00 e. The monoisotopic (exact) mass is 546 g/mol. The average Bonchev–Trinajstić information content (AvgIpc) is 2.99. The van der Waals surface area contributed by atoms with E-state index in [0.717, 1.165) is 3.63 Å². The zero-order chi connectivity index (χ0) is 14.0. The average molecular weight is 548 g/mol. The molecule has 2 aliphatic carbocycles. The molecular formula is C18H11Cl2ISZr. The maximum Gasteiger partial charge on any atom is -1.00 e. The van der Waals surface area contributed by atoms with Crippen molar-refractivity contribution in [1.29, 1.82) is 0 Å². The van der Waals surface area contributed by atoms with Crippen LogP contribution >= 0.6 is 34.4 Å². The van der Waals surface area contributed by atoms with Crippen molar-refractivity contribution in [2.45, 2.75) is 11.0 Å². The molecule has 5 rings (SSSR count). The van der Waals surface area contributed by atoms with Crippen LogP contribution in [0.1, 0.15) is 25.9 Å². The molecule has 4 bridgehead atoms. The molecule has 0 N–H and O–H groups in total. The number of rotatable bonds is 0. The summed E-state index contributed by atoms with van der Waals surface area (Å²) in [5.41, 5.74) is 6.10. The Morgan fingerprint density at radius 2 is 1.87 bits per heavy atom. The maximum absolute atomic E-state index is 2.58. The van der Waals surface area contributed by atoms with Gasteiger partial charge in [0, 0.05) is 0 Å². The minimum atomic E-state index is -0.698. The van der Waals surface area contributed by atoms with Gasteiger partial charge in [0.05, 0.1) is 0 Å². The van der Waals surface area contributed by atoms with Gasteiger partial charge in [0.25, 0.3) is 0 Å². The molecule has 0 nitrogen and oxygen atoms in total. The number of hydrogen-bond donors (Lipinski definition) is 0. The first-order valence-electron chi connectivity index (χ1n) is 7.02. The molecule has 1 spiro atoms. The van der Waals surface area contributed by atoms with E-state index in [4.69, 9.17) is 0 Å². The topological polar surface area (TPSA) is 0 Å². The van der Waals surface area contributed by atoms with Gasteiger partial charge in [-0.05, 0) is 0 Å². The van der Waals surface area contributed by atoms with Crippen molar-refractivity contribution in [3.05, 3.63) is 74.4 Å². The molecular weight excluding hydrogens is 537 g/mol. The molecule has 0 saturated carbocycles. The number of fused-ring (bicyclic) bond motifs is 2. The van der Waals surface area contributed by atoms with Crippen LogP contribution in [0.15, 0.2) is 57.0 Å². The van der Waals surface area contributed by atoms with Gasteiger partial charge in [0.15, 0.2) is 0 Å². The number of thioether (sulfide) groups is 1. The first kappa shape index (κ1) is 18.3. The van der Waals surface area contributed by atoms with Gasteiger partial charge in [-0.3, -0.25) is 0 Å². The number of allylic oxidation sites excluding steroid dienone is 1. The Bertz CT molecular complexity index is 849. The first-order chi connectivity index (χ1) is 10.3. The molecule has 5 heteroatoms. The molecule has 2 unspecified atom stereocenters. The van der Waals surface area contributed by atoms with Crippen LogP contribution in [0.2, 0.25) is 0 Å². The maximum atomic E-state index is 2.58. The number of benzene rings is 2. The second-order valence-electron chi connectivity index (χ2n) is 5.62. The summed E-state index contributed by atoms with van der Waals surface area (Å²) in [5.74, 6) is 0. The van der Waals surface area contributed by atoms with Crippen molar-refractivity contribution in [1.82, 2.24) is 0 Å². The van der Waals surface area contributed by atoms with Crippen LogP contribution in [0.5, 0.6) is 0 Å². The molecule has 0 saturated heterocycles. The molecule has 0 radical (unpaired) electrons. The standard InChI is InChI=1S/C18H11IS.2ClH.Zr/c19-14-10-13-5-3-7-17(16(13)11-14)20-18-9-8-12-4-1-2-6-15(12)18;;;/h1-11H;2*1H;/q;;;+2/p-2. The number of hydrogen-bond acceptors (Lipinski definition) is 1. The van der Waals surface area contributed by atoms with Crippen molar-refractivity contribution < 1.29 is 48.0 Å². The Morgan fingerprint density at radius 1 is 1.04 bits per heavy atom. The van der Waals surface area contributed by atoms with Crippen LogP contribution in [0.25, 0.3) is 12.2 Å². The van der Waals surface area contributed by atoms with Crippen molar-refractivity contribution in [3.8, 4) is 0 Å². The molecule has 0 aromatic heterocycles. The second-order valence-corrected chi connectivity index (χ2v) is 13.1. The van der Waals surface area contributed by atoms with E-state index in [9.17, 15) is 0 Å². The van der Waals surface area contributed by atoms with Gasteiger partial charge in [-0.25, -0.2) is 0 Å². The molecule has 0 amide bonds. The van der Waals surface area contributed by atoms with E-state index in [2.05, 4.69) is 95.0 Å². The largest absolute Gasteiger partial charge is 1.00 e. The predicted molar refractivity (Wildman–Crippen MR) is 94.2 cm³/mol. The van der Waals surface area contributed by atoms with Crippen molar-refractivity contribution in [2.75, 3.05) is 0 Å². The van der Waals surface area contributed by atoms with E-state index >= 15 is 0 Å². The fourth-order valence-electron chi connectivity index (χ4n) is 3.48. The molecule has 0 fully saturated rings. The fourth-order valence-corrected chi connectivity index (χ4v) is 12.2. The van der Waals surface area contributed by atoms with Gasteiger partial charge < -0.3 is 24.8 Å². The summed E-state index contributed by atoms with van der Waals surface area (Å²) in [6.07, 6.45) is 7.30. The number of halogens is 3. The van der Waals surface area contributed by atoms with E-state index < -0.39 is 23.2 Å². The molecule has 23 heavy (non-hydrogen) atoms. The quantitative estimate of drug-likeness (QED) is 0.404. The zero-order valence-corrected chi connectivity index (χ0v) is 18.8. The van der Waals surface area contributed by atoms with Crippen LogP contribution in [-0.2, 0) is 25.7 Å². The van der Waals surface area contributed by atoms with Crippen LogP contribution in [0, 0.1) is 0 Å². The van der Waals surface area contributed by atoms with Gasteiger partial charge >= 0.3 is 155 Å². The molecule has 2 aromatic rings. The molecule has 114 valence electrons. The van der Waals surface area contributed by atoms with Gasteiger partial charge in [0.2, 0.25) is 0 Å². The molecule has 1 aliphatic heterocycles. The third kappa shape index (κ3) is 2.66. The first-order valence-corrected chi connectivity index (χ1v) is 11.6. The van der Waals surface area contributed by atoms with Crippen LogP contribution in [0.3, 0.4) is 0 Å². The van der Waals surface area contributed by atoms with E-state index in [1.54, 1.807) is 14.7 Å². The minimum Gasteiger partial charge on any atom is -1.00 e. The Hall–Kier alpha value is 0.463. The molecule has 1 heterocycles. The van der Waals surface area contributed by atoms with Gasteiger partial charge in [-0.15, -0.1) is 0 Å². The van der Waals surface area contributed by atoms with Crippen LogP contribution in [-0.4, -0.2) is 0 Å². The zero-order valence-electron chi connectivity index (χ0n) is 11.9. The summed E-state index contributed by atoms with van der Waals surface area (Å²) < 4.78 is 2.58. The van der Waals surface area contributed by atoms with E-state index in [1.807, 2.05) is 0 Å². The van der Waals surface area contributed by atoms with Gasteiger partial charge in [-0.2, -0.15) is 0 Å². The Kier molecular flexibility index (Phi) is 5.28. The minimum absolute atomic E-state index is 0. The Balaban J connectivity index is 0.000000781. The van der Waals surface area contributed by atoms with Crippen LogP contribution < -0.4 is 24.8 Å². The Labute approximate surface area is 178 Å². The van der Waals surface area contributed by atoms with Crippen molar-refractivity contribution >= 4 is 46.5 Å². The van der Waals surface area contributed by atoms with Crippen molar-refractivity contribution in [3.63, 3.8) is 0 Å². The summed E-state index contributed by atoms with van der Waals surface area (Å²) in [7, 11) is 0. The molecule has 3 aliphatic rings. The van der Waals surface area contributed by atoms with Crippen molar-refractivity contribution in [2.24, 2.45) is 0 Å². The summed E-state index contributed by atoms with van der Waals surface area (Å²) in [6.45, 7) is 0. The summed E-state index contributed by atoms with van der Waals surface area (Å²) in [6, 6.07) is 15.9. The van der Waals surface area contributed by atoms with Gasteiger partial charge in [-0.1, -0.05) is 0 Å². The third-order valence-electron chi connectivity index (χ3n) is 4.46. The second kappa shape index (κ2) is 6.64. The molecule has 2 atom stereocenters. The third-order valence-corrected chi connectivity index (χ3v) is 13.9. The fraction of sp³-hybridized carbons (Fsp3) is 0.111. The Morgan fingerprint density at radius 3 is 2.74 bits per heavy atom. The SMILES string of the molecule is IC1=Cc2c3cccc2[CH]1[Zr+2][C]1(C=Cc2ccccc21)S3.[Cl-].[Cl-]. The van der Waals surface area contributed by atoms with Gasteiger partial charge in [0.1, 0.15) is 0 Å². The molecule has 2 aromatic carbocycles. The van der Waals surface area contributed by atoms with E-state index in [1.165, 1.54) is 16.0 Å². The van der Waals surface area contributed by atoms with E-state index in [0.29, 0.717) is 0 Å². The predicted octanol–water partition coefficient (Wildman–Crippen LogP) is -0.407. The summed E-state index contributed by atoms with van der Waals surface area (Å²) in [5, 5.41) is 0. The summed E-state index contributed by atoms with van der Waals surface area (Å²) in [4.78, 5) is 1.48. The normalized spacial score (nSPS) is 24.6. The summed E-state index contributed by atoms with van der Waals surface area (Å²) >= 11 is 4.00. The van der Waals surface area contributed by atoms with Crippen LogP contribution in [0.4, 0.5) is 0 Å². The van der Waals surface area contributed by atoms with E-state index in [-0.39, 0.29) is 27.3 Å².